The maximum Gasteiger partial charge on any atom is 0.266 e. The number of carbonyl (C=O) groups excluding carboxylic acids is 2. The third-order valence-corrected chi connectivity index (χ3v) is 7.09. The van der Waals surface area contributed by atoms with Gasteiger partial charge < -0.3 is 4.57 Å². The summed E-state index contributed by atoms with van der Waals surface area (Å²) in [4.78, 5) is 32.9. The van der Waals surface area contributed by atoms with Gasteiger partial charge in [0.1, 0.15) is 5.82 Å². The van der Waals surface area contributed by atoms with Gasteiger partial charge in [0.15, 0.2) is 4.80 Å². The third-order valence-electron chi connectivity index (χ3n) is 6.23. The number of halogens is 1. The van der Waals surface area contributed by atoms with Crippen LogP contribution in [0.1, 0.15) is 26.3 Å². The van der Waals surface area contributed by atoms with Crippen LogP contribution in [0.3, 0.4) is 0 Å². The standard InChI is InChI=1S/C30H20FN3O2S/c31-22-13-15-23(16-14-22)32-30-33(18-20-7-2-1-3-8-20)27(19-37-30)21-9-6-10-24(17-21)34-28(35)25-11-4-5-12-26(25)29(34)36/h1-17,19H,18H2. The average Bonchev–Trinajstić information content (AvgIpc) is 3.43. The summed E-state index contributed by atoms with van der Waals surface area (Å²) < 4.78 is 15.5. The summed E-state index contributed by atoms with van der Waals surface area (Å²) in [5, 5.41) is 2.01. The highest BCUT2D eigenvalue weighted by Gasteiger charge is 2.36. The quantitative estimate of drug-likeness (QED) is 0.258. The second-order valence-corrected chi connectivity index (χ2v) is 9.44. The summed E-state index contributed by atoms with van der Waals surface area (Å²) in [6.45, 7) is 0.566. The maximum absolute atomic E-state index is 13.4. The molecule has 0 N–H and O–H groups in total. The lowest BCUT2D eigenvalue weighted by atomic mass is 10.1. The van der Waals surface area contributed by atoms with Gasteiger partial charge in [-0.1, -0.05) is 54.6 Å². The number of amides is 2. The second-order valence-electron chi connectivity index (χ2n) is 8.61. The Hall–Kier alpha value is -4.62. The molecule has 0 saturated carbocycles. The van der Waals surface area contributed by atoms with E-state index < -0.39 is 0 Å². The van der Waals surface area contributed by atoms with E-state index in [4.69, 9.17) is 4.99 Å². The van der Waals surface area contributed by atoms with Crippen molar-refractivity contribution >= 4 is 34.5 Å². The molecule has 0 atom stereocenters. The third kappa shape index (κ3) is 4.30. The van der Waals surface area contributed by atoms with Crippen molar-refractivity contribution in [2.24, 2.45) is 4.99 Å². The van der Waals surface area contributed by atoms with E-state index in [-0.39, 0.29) is 17.6 Å². The number of nitrogens with zero attached hydrogens (tertiary/aromatic N) is 3. The number of benzene rings is 4. The molecule has 0 unspecified atom stereocenters. The number of anilines is 1. The number of aromatic nitrogens is 1. The van der Waals surface area contributed by atoms with Crippen molar-refractivity contribution in [1.82, 2.24) is 4.57 Å². The molecule has 180 valence electrons. The van der Waals surface area contributed by atoms with Crippen LogP contribution in [-0.2, 0) is 6.54 Å². The van der Waals surface area contributed by atoms with Crippen molar-refractivity contribution in [2.75, 3.05) is 4.90 Å². The maximum atomic E-state index is 13.4. The molecule has 1 aliphatic heterocycles. The normalized spacial score (nSPS) is 13.3. The molecule has 5 nitrogen and oxygen atoms in total. The Bertz CT molecular complexity index is 1670. The van der Waals surface area contributed by atoms with E-state index in [0.29, 0.717) is 29.0 Å². The molecular formula is C30H20FN3O2S. The molecule has 7 heteroatoms. The fourth-order valence-electron chi connectivity index (χ4n) is 4.42. The summed E-state index contributed by atoms with van der Waals surface area (Å²) in [7, 11) is 0. The molecule has 1 aromatic heterocycles. The number of carbonyl (C=O) groups is 2. The van der Waals surface area contributed by atoms with E-state index in [9.17, 15) is 14.0 Å². The van der Waals surface area contributed by atoms with Gasteiger partial charge in [-0.2, -0.15) is 0 Å². The SMILES string of the molecule is O=C1c2ccccc2C(=O)N1c1cccc(-c2csc(=Nc3ccc(F)cc3)n2Cc2ccccc2)c1. The molecular weight excluding hydrogens is 485 g/mol. The van der Waals surface area contributed by atoms with Gasteiger partial charge in [0.2, 0.25) is 0 Å². The summed E-state index contributed by atoms with van der Waals surface area (Å²) in [5.41, 5.74) is 4.82. The van der Waals surface area contributed by atoms with E-state index in [1.165, 1.54) is 28.4 Å². The van der Waals surface area contributed by atoms with Gasteiger partial charge in [0.05, 0.1) is 34.7 Å². The first-order valence-electron chi connectivity index (χ1n) is 11.7. The molecule has 4 aromatic carbocycles. The van der Waals surface area contributed by atoms with Gasteiger partial charge in [-0.3, -0.25) is 9.59 Å². The van der Waals surface area contributed by atoms with Gasteiger partial charge in [-0.05, 0) is 54.1 Å². The van der Waals surface area contributed by atoms with Gasteiger partial charge >= 0.3 is 0 Å². The number of hydrogen-bond acceptors (Lipinski definition) is 4. The van der Waals surface area contributed by atoms with Crippen LogP contribution in [0.15, 0.2) is 114 Å². The smallest absolute Gasteiger partial charge is 0.266 e. The average molecular weight is 506 g/mol. The van der Waals surface area contributed by atoms with E-state index >= 15 is 0 Å². The molecule has 0 fully saturated rings. The number of hydrogen-bond donors (Lipinski definition) is 0. The molecule has 2 heterocycles. The lowest BCUT2D eigenvalue weighted by Gasteiger charge is -2.16. The Labute approximate surface area is 216 Å². The minimum absolute atomic E-state index is 0.312. The van der Waals surface area contributed by atoms with Gasteiger partial charge in [0, 0.05) is 10.9 Å². The Balaban J connectivity index is 1.44. The molecule has 0 spiro atoms. The van der Waals surface area contributed by atoms with E-state index in [1.807, 2.05) is 53.9 Å². The summed E-state index contributed by atoms with van der Waals surface area (Å²) in [5.74, 6) is -0.965. The van der Waals surface area contributed by atoms with E-state index in [2.05, 4.69) is 4.57 Å². The van der Waals surface area contributed by atoms with Crippen molar-refractivity contribution in [3.63, 3.8) is 0 Å². The van der Waals surface area contributed by atoms with Crippen LogP contribution in [0, 0.1) is 5.82 Å². The first-order chi connectivity index (χ1) is 18.1. The lowest BCUT2D eigenvalue weighted by molar-refractivity contribution is 0.0926. The number of fused-ring (bicyclic) bond motifs is 1. The molecule has 37 heavy (non-hydrogen) atoms. The number of rotatable bonds is 5. The zero-order valence-electron chi connectivity index (χ0n) is 19.5. The topological polar surface area (TPSA) is 54.7 Å². The molecule has 6 rings (SSSR count). The van der Waals surface area contributed by atoms with Crippen molar-refractivity contribution < 1.29 is 14.0 Å². The van der Waals surface area contributed by atoms with Gasteiger partial charge in [-0.15, -0.1) is 11.3 Å². The second kappa shape index (κ2) is 9.44. The molecule has 5 aromatic rings. The zero-order chi connectivity index (χ0) is 25.4. The predicted octanol–water partition coefficient (Wildman–Crippen LogP) is 6.44. The predicted molar refractivity (Wildman–Crippen MR) is 142 cm³/mol. The fraction of sp³-hybridized carbons (Fsp3) is 0.0333. The van der Waals surface area contributed by atoms with Crippen LogP contribution in [0.25, 0.3) is 11.3 Å². The van der Waals surface area contributed by atoms with Crippen molar-refractivity contribution in [1.29, 1.82) is 0 Å². The van der Waals surface area contributed by atoms with Crippen molar-refractivity contribution in [2.45, 2.75) is 6.54 Å². The van der Waals surface area contributed by atoms with Crippen molar-refractivity contribution in [3.05, 3.63) is 136 Å². The van der Waals surface area contributed by atoms with Gasteiger partial charge in [0.25, 0.3) is 11.8 Å². The van der Waals surface area contributed by atoms with Crippen LogP contribution in [-0.4, -0.2) is 16.4 Å². The summed E-state index contributed by atoms with van der Waals surface area (Å²) in [6, 6.07) is 30.4. The Morgan fingerprint density at radius 2 is 1.43 bits per heavy atom. The number of thiazole rings is 1. The Morgan fingerprint density at radius 3 is 2.14 bits per heavy atom. The number of imide groups is 1. The van der Waals surface area contributed by atoms with Crippen LogP contribution >= 0.6 is 11.3 Å². The highest BCUT2D eigenvalue weighted by molar-refractivity contribution is 7.07. The van der Waals surface area contributed by atoms with Crippen LogP contribution in [0.2, 0.25) is 0 Å². The van der Waals surface area contributed by atoms with E-state index in [0.717, 1.165) is 21.6 Å². The molecule has 1 aliphatic rings. The van der Waals surface area contributed by atoms with Crippen LogP contribution in [0.5, 0.6) is 0 Å². The molecule has 0 aliphatic carbocycles. The van der Waals surface area contributed by atoms with Gasteiger partial charge in [-0.25, -0.2) is 14.3 Å². The largest absolute Gasteiger partial charge is 0.312 e. The highest BCUT2D eigenvalue weighted by Crippen LogP contribution is 2.32. The fourth-order valence-corrected chi connectivity index (χ4v) is 5.35. The molecule has 0 bridgehead atoms. The zero-order valence-corrected chi connectivity index (χ0v) is 20.4. The summed E-state index contributed by atoms with van der Waals surface area (Å²) in [6.07, 6.45) is 0. The van der Waals surface area contributed by atoms with Crippen LogP contribution < -0.4 is 9.70 Å². The molecule has 0 saturated heterocycles. The van der Waals surface area contributed by atoms with Crippen LogP contribution in [0.4, 0.5) is 15.8 Å². The molecule has 0 radical (unpaired) electrons. The first-order valence-corrected chi connectivity index (χ1v) is 12.6. The monoisotopic (exact) mass is 505 g/mol. The lowest BCUT2D eigenvalue weighted by Crippen LogP contribution is -2.29. The Kier molecular flexibility index (Phi) is 5.82. The Morgan fingerprint density at radius 1 is 0.757 bits per heavy atom. The van der Waals surface area contributed by atoms with E-state index in [1.54, 1.807) is 42.5 Å². The minimum atomic E-state index is -0.327. The highest BCUT2D eigenvalue weighted by atomic mass is 32.1. The minimum Gasteiger partial charge on any atom is -0.312 e. The summed E-state index contributed by atoms with van der Waals surface area (Å²) >= 11 is 1.47. The molecule has 2 amide bonds. The first kappa shape index (κ1) is 22.8. The van der Waals surface area contributed by atoms with Crippen molar-refractivity contribution in [3.8, 4) is 11.3 Å².